The first-order valence-corrected chi connectivity index (χ1v) is 10.9. The number of fused-ring (bicyclic) bond motifs is 2. The minimum atomic E-state index is -0.542. The Morgan fingerprint density at radius 3 is 2.75 bits per heavy atom. The number of H-pyrrole nitrogens is 2. The van der Waals surface area contributed by atoms with Crippen LogP contribution in [0.25, 0.3) is 44.6 Å². The number of aliphatic hydroxyl groups excluding tert-OH is 1. The normalized spacial score (nSPS) is 15.5. The van der Waals surface area contributed by atoms with Crippen LogP contribution in [0.5, 0.6) is 0 Å². The Morgan fingerprint density at radius 1 is 0.969 bits per heavy atom. The lowest BCUT2D eigenvalue weighted by Gasteiger charge is -2.20. The average molecular weight is 425 g/mol. The van der Waals surface area contributed by atoms with Crippen molar-refractivity contribution >= 4 is 27.6 Å². The Balaban J connectivity index is 1.34. The number of hydrogen-bond acceptors (Lipinski definition) is 6. The van der Waals surface area contributed by atoms with Gasteiger partial charge in [-0.15, -0.1) is 0 Å². The van der Waals surface area contributed by atoms with E-state index >= 15 is 0 Å². The lowest BCUT2D eigenvalue weighted by molar-refractivity contribution is 0.137. The van der Waals surface area contributed by atoms with Crippen molar-refractivity contribution in [2.45, 2.75) is 31.9 Å². The second-order valence-electron chi connectivity index (χ2n) is 8.41. The largest absolute Gasteiger partial charge is 0.374 e. The molecule has 0 bridgehead atoms. The molecule has 8 nitrogen and oxygen atoms in total. The Morgan fingerprint density at radius 2 is 1.88 bits per heavy atom. The van der Waals surface area contributed by atoms with Gasteiger partial charge < -0.3 is 15.4 Å². The molecule has 0 aliphatic heterocycles. The molecule has 1 fully saturated rings. The van der Waals surface area contributed by atoms with E-state index in [1.807, 2.05) is 30.5 Å². The van der Waals surface area contributed by atoms with Gasteiger partial charge in [-0.25, -0.2) is 4.98 Å². The molecule has 1 aliphatic rings. The van der Waals surface area contributed by atoms with Crippen LogP contribution in [0.3, 0.4) is 0 Å². The van der Waals surface area contributed by atoms with E-state index in [0.717, 1.165) is 57.3 Å². The number of imidazole rings is 1. The maximum atomic E-state index is 10.5. The molecule has 6 rings (SSSR count). The van der Waals surface area contributed by atoms with Gasteiger partial charge in [0, 0.05) is 29.3 Å². The number of aromatic amines is 2. The van der Waals surface area contributed by atoms with Gasteiger partial charge in [0.05, 0.1) is 34.6 Å². The summed E-state index contributed by atoms with van der Waals surface area (Å²) in [6, 6.07) is 10.0. The summed E-state index contributed by atoms with van der Waals surface area (Å²) in [6.45, 7) is 0. The molecule has 0 radical (unpaired) electrons. The van der Waals surface area contributed by atoms with Gasteiger partial charge in [-0.1, -0.05) is 18.9 Å². The summed E-state index contributed by atoms with van der Waals surface area (Å²) < 4.78 is 0. The summed E-state index contributed by atoms with van der Waals surface area (Å²) >= 11 is 0. The summed E-state index contributed by atoms with van der Waals surface area (Å²) in [5, 5.41) is 22.3. The third-order valence-corrected chi connectivity index (χ3v) is 6.30. The maximum absolute atomic E-state index is 10.5. The van der Waals surface area contributed by atoms with Crippen LogP contribution in [0.2, 0.25) is 0 Å². The van der Waals surface area contributed by atoms with Crippen molar-refractivity contribution in [3.05, 3.63) is 55.1 Å². The Hall–Kier alpha value is -3.78. The molecule has 8 heteroatoms. The SMILES string of the molecule is OC(Nc1cncc(-c2ccc3[nH]nc(-c4nc5ccncc5[nH]4)c3c2)c1)C1CCCC1. The highest BCUT2D eigenvalue weighted by Crippen LogP contribution is 2.32. The van der Waals surface area contributed by atoms with Gasteiger partial charge in [0.2, 0.25) is 0 Å². The fourth-order valence-corrected chi connectivity index (χ4v) is 4.58. The van der Waals surface area contributed by atoms with Gasteiger partial charge in [-0.2, -0.15) is 5.10 Å². The molecular weight excluding hydrogens is 402 g/mol. The Bertz CT molecular complexity index is 1370. The molecule has 0 amide bonds. The number of nitrogens with one attached hydrogen (secondary N) is 3. The van der Waals surface area contributed by atoms with Gasteiger partial charge in [0.1, 0.15) is 11.9 Å². The molecular formula is C24H23N7O. The predicted molar refractivity (Wildman–Crippen MR) is 124 cm³/mol. The molecule has 1 saturated carbocycles. The van der Waals surface area contributed by atoms with Gasteiger partial charge in [-0.05, 0) is 42.7 Å². The van der Waals surface area contributed by atoms with Crippen LogP contribution in [0.1, 0.15) is 25.7 Å². The van der Waals surface area contributed by atoms with Crippen LogP contribution in [-0.4, -0.2) is 41.5 Å². The van der Waals surface area contributed by atoms with Crippen LogP contribution in [0.15, 0.2) is 55.1 Å². The number of rotatable bonds is 5. The predicted octanol–water partition coefficient (Wildman–Crippen LogP) is 4.48. The number of aliphatic hydroxyl groups is 1. The Labute approximate surface area is 184 Å². The molecule has 4 heterocycles. The maximum Gasteiger partial charge on any atom is 0.159 e. The zero-order chi connectivity index (χ0) is 21.5. The van der Waals surface area contributed by atoms with Crippen LogP contribution >= 0.6 is 0 Å². The van der Waals surface area contributed by atoms with Crippen molar-refractivity contribution < 1.29 is 5.11 Å². The molecule has 1 atom stereocenters. The number of anilines is 1. The lowest BCUT2D eigenvalue weighted by atomic mass is 10.0. The van der Waals surface area contributed by atoms with E-state index in [9.17, 15) is 5.11 Å². The second kappa shape index (κ2) is 7.72. The molecule has 1 aliphatic carbocycles. The van der Waals surface area contributed by atoms with Crippen molar-refractivity contribution in [1.82, 2.24) is 30.1 Å². The van der Waals surface area contributed by atoms with E-state index in [0.29, 0.717) is 11.7 Å². The zero-order valence-corrected chi connectivity index (χ0v) is 17.4. The number of benzene rings is 1. The smallest absolute Gasteiger partial charge is 0.159 e. The Kier molecular flexibility index (Phi) is 4.57. The number of nitrogens with zero attached hydrogens (tertiary/aromatic N) is 4. The van der Waals surface area contributed by atoms with Crippen molar-refractivity contribution in [1.29, 1.82) is 0 Å². The summed E-state index contributed by atoms with van der Waals surface area (Å²) in [4.78, 5) is 16.5. The summed E-state index contributed by atoms with van der Waals surface area (Å²) in [7, 11) is 0. The quantitative estimate of drug-likeness (QED) is 0.309. The third kappa shape index (κ3) is 3.38. The number of hydrogen-bond donors (Lipinski definition) is 4. The molecule has 0 spiro atoms. The molecule has 4 aromatic heterocycles. The molecule has 5 aromatic rings. The molecule has 160 valence electrons. The molecule has 4 N–H and O–H groups in total. The summed E-state index contributed by atoms with van der Waals surface area (Å²) in [5.41, 5.74) is 6.22. The van der Waals surface area contributed by atoms with Gasteiger partial charge in [0.15, 0.2) is 5.82 Å². The van der Waals surface area contributed by atoms with E-state index in [4.69, 9.17) is 0 Å². The highest BCUT2D eigenvalue weighted by atomic mass is 16.3. The van der Waals surface area contributed by atoms with Gasteiger partial charge >= 0.3 is 0 Å². The fourth-order valence-electron chi connectivity index (χ4n) is 4.58. The van der Waals surface area contributed by atoms with Crippen molar-refractivity contribution in [2.75, 3.05) is 5.32 Å². The molecule has 1 aromatic carbocycles. The average Bonchev–Trinajstić information content (AvgIpc) is 3.58. The summed E-state index contributed by atoms with van der Waals surface area (Å²) in [6.07, 6.45) is 11.1. The topological polar surface area (TPSA) is 115 Å². The van der Waals surface area contributed by atoms with Crippen molar-refractivity contribution in [2.24, 2.45) is 5.92 Å². The molecule has 0 saturated heterocycles. The third-order valence-electron chi connectivity index (χ3n) is 6.30. The zero-order valence-electron chi connectivity index (χ0n) is 17.4. The van der Waals surface area contributed by atoms with Gasteiger partial charge in [-0.3, -0.25) is 15.1 Å². The first-order valence-electron chi connectivity index (χ1n) is 10.9. The van der Waals surface area contributed by atoms with E-state index in [1.165, 1.54) is 12.8 Å². The minimum Gasteiger partial charge on any atom is -0.374 e. The van der Waals surface area contributed by atoms with Crippen molar-refractivity contribution in [3.8, 4) is 22.6 Å². The van der Waals surface area contributed by atoms with Crippen LogP contribution in [-0.2, 0) is 0 Å². The minimum absolute atomic E-state index is 0.308. The van der Waals surface area contributed by atoms with E-state index < -0.39 is 6.23 Å². The van der Waals surface area contributed by atoms with E-state index in [1.54, 1.807) is 18.6 Å². The van der Waals surface area contributed by atoms with Crippen molar-refractivity contribution in [3.63, 3.8) is 0 Å². The first-order chi connectivity index (χ1) is 15.7. The van der Waals surface area contributed by atoms with E-state index in [2.05, 4.69) is 41.5 Å². The number of aromatic nitrogens is 6. The van der Waals surface area contributed by atoms with Crippen LogP contribution in [0, 0.1) is 5.92 Å². The first kappa shape index (κ1) is 18.9. The standard InChI is InChI=1S/C24H23N7O/c32-24(14-3-1-2-4-14)27-17-9-16(11-26-12-17)15-5-6-19-18(10-15)22(31-30-19)23-28-20-7-8-25-13-21(20)29-23/h5-14,24,27,32H,1-4H2,(H,28,29)(H,30,31). The number of pyridine rings is 2. The monoisotopic (exact) mass is 425 g/mol. The van der Waals surface area contributed by atoms with Gasteiger partial charge in [0.25, 0.3) is 0 Å². The second-order valence-corrected chi connectivity index (χ2v) is 8.41. The highest BCUT2D eigenvalue weighted by Gasteiger charge is 2.23. The summed E-state index contributed by atoms with van der Waals surface area (Å²) in [5.74, 6) is 1.01. The highest BCUT2D eigenvalue weighted by molar-refractivity contribution is 5.95. The lowest BCUT2D eigenvalue weighted by Crippen LogP contribution is -2.26. The molecule has 32 heavy (non-hydrogen) atoms. The van der Waals surface area contributed by atoms with Crippen LogP contribution in [0.4, 0.5) is 5.69 Å². The van der Waals surface area contributed by atoms with Crippen LogP contribution < -0.4 is 5.32 Å². The fraction of sp³-hybridized carbons (Fsp3) is 0.250. The van der Waals surface area contributed by atoms with E-state index in [-0.39, 0.29) is 0 Å². The molecule has 1 unspecified atom stereocenters.